The Hall–Kier alpha value is -2.60. The molecule has 0 aliphatic rings. The summed E-state index contributed by atoms with van der Waals surface area (Å²) in [5, 5.41) is 15.5. The lowest BCUT2D eigenvalue weighted by Gasteiger charge is -2.13. The monoisotopic (exact) mass is 491 g/mol. The summed E-state index contributed by atoms with van der Waals surface area (Å²) in [6, 6.07) is 17.3. The first-order valence-electron chi connectivity index (χ1n) is 8.77. The third-order valence-corrected chi connectivity index (χ3v) is 4.03. The minimum Gasteiger partial charge on any atom is -0.356 e. The predicted molar refractivity (Wildman–Crippen MR) is 123 cm³/mol. The van der Waals surface area contributed by atoms with Crippen LogP contribution in [0.25, 0.3) is 0 Å². The topological polar surface area (TPSA) is 80.5 Å². The molecule has 2 N–H and O–H groups in total. The van der Waals surface area contributed by atoms with Crippen molar-refractivity contribution in [3.05, 3.63) is 70.8 Å². The zero-order chi connectivity index (χ0) is 19.6. The third-order valence-electron chi connectivity index (χ3n) is 4.03. The standard InChI is InChI=1S/C21H25N5O.HI/c1-23-21(25-15-18-8-4-7-17(12-18)14-22)24-11-10-16-6-5-9-19(13-16)20(27)26(2)3;/h4-9,12-13H,10-11,15H2,1-3H3,(H2,23,24,25);1H. The first-order chi connectivity index (χ1) is 13.0. The fourth-order valence-electron chi connectivity index (χ4n) is 2.60. The third kappa shape index (κ3) is 7.19. The van der Waals surface area contributed by atoms with Crippen LogP contribution in [0.4, 0.5) is 0 Å². The molecule has 7 heteroatoms. The lowest BCUT2D eigenvalue weighted by atomic mass is 10.1. The quantitative estimate of drug-likeness (QED) is 0.370. The minimum absolute atomic E-state index is 0. The van der Waals surface area contributed by atoms with Crippen molar-refractivity contribution in [3.63, 3.8) is 0 Å². The molecule has 0 heterocycles. The fourth-order valence-corrected chi connectivity index (χ4v) is 2.60. The zero-order valence-corrected chi connectivity index (χ0v) is 18.7. The largest absolute Gasteiger partial charge is 0.356 e. The number of nitriles is 1. The Bertz CT molecular complexity index is 858. The highest BCUT2D eigenvalue weighted by atomic mass is 127. The Morgan fingerprint density at radius 2 is 1.82 bits per heavy atom. The summed E-state index contributed by atoms with van der Waals surface area (Å²) in [7, 11) is 5.22. The van der Waals surface area contributed by atoms with Gasteiger partial charge in [0.25, 0.3) is 5.91 Å². The van der Waals surface area contributed by atoms with Crippen LogP contribution < -0.4 is 10.6 Å². The Labute approximate surface area is 183 Å². The van der Waals surface area contributed by atoms with E-state index in [1.165, 1.54) is 0 Å². The number of halogens is 1. The first kappa shape index (κ1) is 23.4. The zero-order valence-electron chi connectivity index (χ0n) is 16.4. The van der Waals surface area contributed by atoms with Crippen LogP contribution in [0.1, 0.15) is 27.0 Å². The van der Waals surface area contributed by atoms with E-state index in [9.17, 15) is 4.79 Å². The van der Waals surface area contributed by atoms with Crippen molar-refractivity contribution in [2.75, 3.05) is 27.7 Å². The van der Waals surface area contributed by atoms with Gasteiger partial charge in [-0.05, 0) is 41.8 Å². The summed E-state index contributed by atoms with van der Waals surface area (Å²) in [6.07, 6.45) is 0.777. The van der Waals surface area contributed by atoms with E-state index >= 15 is 0 Å². The second-order valence-electron chi connectivity index (χ2n) is 6.31. The summed E-state index contributed by atoms with van der Waals surface area (Å²) < 4.78 is 0. The molecule has 0 aromatic heterocycles. The summed E-state index contributed by atoms with van der Waals surface area (Å²) in [5.74, 6) is 0.694. The lowest BCUT2D eigenvalue weighted by Crippen LogP contribution is -2.37. The Morgan fingerprint density at radius 3 is 2.50 bits per heavy atom. The summed E-state index contributed by atoms with van der Waals surface area (Å²) in [5.41, 5.74) is 3.45. The molecule has 0 fully saturated rings. The van der Waals surface area contributed by atoms with Crippen LogP contribution in [0, 0.1) is 11.3 Å². The number of aliphatic imine (C=N–C) groups is 1. The number of carbonyl (C=O) groups is 1. The minimum atomic E-state index is 0. The van der Waals surface area contributed by atoms with Gasteiger partial charge in [-0.3, -0.25) is 9.79 Å². The average molecular weight is 491 g/mol. The Balaban J connectivity index is 0.00000392. The molecule has 28 heavy (non-hydrogen) atoms. The number of nitrogens with zero attached hydrogens (tertiary/aromatic N) is 3. The van der Waals surface area contributed by atoms with Crippen molar-refractivity contribution < 1.29 is 4.79 Å². The van der Waals surface area contributed by atoms with Gasteiger partial charge in [0.2, 0.25) is 0 Å². The highest BCUT2D eigenvalue weighted by Crippen LogP contribution is 2.08. The predicted octanol–water partition coefficient (Wildman–Crippen LogP) is 2.79. The van der Waals surface area contributed by atoms with E-state index in [0.29, 0.717) is 30.2 Å². The molecule has 0 saturated heterocycles. The van der Waals surface area contributed by atoms with Crippen LogP contribution in [0.15, 0.2) is 53.5 Å². The number of rotatable bonds is 6. The smallest absolute Gasteiger partial charge is 0.253 e. The van der Waals surface area contributed by atoms with Gasteiger partial charge in [0.05, 0.1) is 11.6 Å². The lowest BCUT2D eigenvalue weighted by molar-refractivity contribution is 0.0827. The van der Waals surface area contributed by atoms with Gasteiger partial charge >= 0.3 is 0 Å². The van der Waals surface area contributed by atoms with Crippen LogP contribution in [0.2, 0.25) is 0 Å². The second kappa shape index (κ2) is 12.0. The molecular formula is C21H26IN5O. The van der Waals surface area contributed by atoms with Crippen LogP contribution >= 0.6 is 24.0 Å². The van der Waals surface area contributed by atoms with Crippen molar-refractivity contribution >= 4 is 35.8 Å². The molecule has 0 radical (unpaired) electrons. The van der Waals surface area contributed by atoms with Gasteiger partial charge in [0, 0.05) is 39.8 Å². The molecule has 2 aromatic carbocycles. The van der Waals surface area contributed by atoms with E-state index in [2.05, 4.69) is 21.7 Å². The van der Waals surface area contributed by atoms with E-state index in [1.807, 2.05) is 42.5 Å². The normalized spacial score (nSPS) is 10.4. The maximum Gasteiger partial charge on any atom is 0.253 e. The molecular weight excluding hydrogens is 465 g/mol. The van der Waals surface area contributed by atoms with E-state index < -0.39 is 0 Å². The molecule has 0 saturated carbocycles. The molecule has 0 spiro atoms. The van der Waals surface area contributed by atoms with Crippen LogP contribution in [0.3, 0.4) is 0 Å². The molecule has 0 bridgehead atoms. The average Bonchev–Trinajstić information content (AvgIpc) is 2.70. The van der Waals surface area contributed by atoms with Crippen molar-refractivity contribution in [2.24, 2.45) is 4.99 Å². The number of nitrogens with one attached hydrogen (secondary N) is 2. The van der Waals surface area contributed by atoms with Gasteiger partial charge in [-0.25, -0.2) is 0 Å². The number of guanidine groups is 1. The molecule has 148 valence electrons. The van der Waals surface area contributed by atoms with Gasteiger partial charge in [0.15, 0.2) is 5.96 Å². The number of carbonyl (C=O) groups excluding carboxylic acids is 1. The van der Waals surface area contributed by atoms with Crippen LogP contribution in [-0.2, 0) is 13.0 Å². The van der Waals surface area contributed by atoms with E-state index in [-0.39, 0.29) is 29.9 Å². The number of hydrogen-bond donors (Lipinski definition) is 2. The Morgan fingerprint density at radius 1 is 1.11 bits per heavy atom. The van der Waals surface area contributed by atoms with Crippen molar-refractivity contribution in [2.45, 2.75) is 13.0 Å². The fraction of sp³-hybridized carbons (Fsp3) is 0.286. The summed E-state index contributed by atoms with van der Waals surface area (Å²) in [6.45, 7) is 1.28. The maximum atomic E-state index is 12.1. The Kier molecular flexibility index (Phi) is 10.0. The maximum absolute atomic E-state index is 12.1. The van der Waals surface area contributed by atoms with E-state index in [0.717, 1.165) is 17.5 Å². The molecule has 0 aliphatic heterocycles. The van der Waals surface area contributed by atoms with E-state index in [1.54, 1.807) is 32.1 Å². The number of hydrogen-bond acceptors (Lipinski definition) is 3. The molecule has 1 amide bonds. The molecule has 0 unspecified atom stereocenters. The van der Waals surface area contributed by atoms with Crippen LogP contribution in [-0.4, -0.2) is 44.5 Å². The highest BCUT2D eigenvalue weighted by Gasteiger charge is 2.08. The molecule has 0 atom stereocenters. The van der Waals surface area contributed by atoms with Gasteiger partial charge in [-0.1, -0.05) is 24.3 Å². The molecule has 2 rings (SSSR count). The first-order valence-corrected chi connectivity index (χ1v) is 8.77. The van der Waals surface area contributed by atoms with Gasteiger partial charge in [-0.2, -0.15) is 5.26 Å². The number of benzene rings is 2. The van der Waals surface area contributed by atoms with Crippen LogP contribution in [0.5, 0.6) is 0 Å². The van der Waals surface area contributed by atoms with Gasteiger partial charge in [-0.15, -0.1) is 24.0 Å². The molecule has 2 aromatic rings. The SMILES string of the molecule is CN=C(NCCc1cccc(C(=O)N(C)C)c1)NCc1cccc(C#N)c1.I. The van der Waals surface area contributed by atoms with Gasteiger partial charge in [0.1, 0.15) is 0 Å². The summed E-state index contributed by atoms with van der Waals surface area (Å²) >= 11 is 0. The second-order valence-corrected chi connectivity index (χ2v) is 6.31. The van der Waals surface area contributed by atoms with Crippen molar-refractivity contribution in [3.8, 4) is 6.07 Å². The highest BCUT2D eigenvalue weighted by molar-refractivity contribution is 14.0. The molecule has 0 aliphatic carbocycles. The van der Waals surface area contributed by atoms with Crippen molar-refractivity contribution in [1.82, 2.24) is 15.5 Å². The van der Waals surface area contributed by atoms with Gasteiger partial charge < -0.3 is 15.5 Å². The number of amides is 1. The molecule has 6 nitrogen and oxygen atoms in total. The summed E-state index contributed by atoms with van der Waals surface area (Å²) in [4.78, 5) is 17.8. The van der Waals surface area contributed by atoms with E-state index in [4.69, 9.17) is 5.26 Å². The van der Waals surface area contributed by atoms with Crippen molar-refractivity contribution in [1.29, 1.82) is 5.26 Å².